The molecular formula is C7H8N4O. The minimum absolute atomic E-state index is 0.438. The van der Waals surface area contributed by atoms with Gasteiger partial charge in [0.1, 0.15) is 0 Å². The van der Waals surface area contributed by atoms with Crippen molar-refractivity contribution in [3.63, 3.8) is 0 Å². The lowest BCUT2D eigenvalue weighted by atomic mass is 10.7. The lowest BCUT2D eigenvalue weighted by Gasteiger charge is -2.00. The molecule has 0 atom stereocenters. The second-order valence-corrected chi connectivity index (χ2v) is 2.24. The van der Waals surface area contributed by atoms with Gasteiger partial charge in [0.05, 0.1) is 0 Å². The Morgan fingerprint density at radius 3 is 2.33 bits per heavy atom. The zero-order valence-electron chi connectivity index (χ0n) is 6.64. The standard InChI is InChI=1S/C7H8N4O/c1-2-12-7-10-5-6(11-7)9-4-3-8-5/h3-4,7H,2H2,1H3. The predicted octanol–water partition coefficient (Wildman–Crippen LogP) is -0.951. The molecule has 0 unspecified atom stereocenters. The molecule has 0 spiro atoms. The van der Waals surface area contributed by atoms with Gasteiger partial charge in [-0.1, -0.05) is 0 Å². The molecule has 0 amide bonds. The van der Waals surface area contributed by atoms with Crippen LogP contribution in [0.4, 0.5) is 0 Å². The topological polar surface area (TPSA) is 59.7 Å². The summed E-state index contributed by atoms with van der Waals surface area (Å²) in [4.78, 5) is 16.1. The van der Waals surface area contributed by atoms with E-state index in [9.17, 15) is 0 Å². The van der Waals surface area contributed by atoms with Crippen molar-refractivity contribution in [1.82, 2.24) is 9.97 Å². The third-order valence-electron chi connectivity index (χ3n) is 1.44. The van der Waals surface area contributed by atoms with Crippen LogP contribution in [0.3, 0.4) is 0 Å². The van der Waals surface area contributed by atoms with Crippen molar-refractivity contribution in [2.45, 2.75) is 13.3 Å². The van der Waals surface area contributed by atoms with Gasteiger partial charge in [-0.05, 0) is 6.92 Å². The van der Waals surface area contributed by atoms with E-state index >= 15 is 0 Å². The summed E-state index contributed by atoms with van der Waals surface area (Å²) in [7, 11) is 0. The predicted molar refractivity (Wildman–Crippen MR) is 39.8 cm³/mol. The maximum absolute atomic E-state index is 5.17. The Hall–Kier alpha value is -1.36. The van der Waals surface area contributed by atoms with Gasteiger partial charge in [-0.2, -0.15) is 0 Å². The molecule has 0 N–H and O–H groups in total. The van der Waals surface area contributed by atoms with E-state index in [1.54, 1.807) is 12.4 Å². The summed E-state index contributed by atoms with van der Waals surface area (Å²) in [5.74, 6) is 0. The molecule has 1 aromatic heterocycles. The second kappa shape index (κ2) is 2.94. The van der Waals surface area contributed by atoms with Crippen LogP contribution in [0.2, 0.25) is 0 Å². The highest BCUT2D eigenvalue weighted by Gasteiger charge is 2.09. The molecule has 0 fully saturated rings. The van der Waals surface area contributed by atoms with Gasteiger partial charge >= 0.3 is 0 Å². The number of nitrogens with zero attached hydrogens (tertiary/aromatic N) is 4. The molecule has 5 nitrogen and oxygen atoms in total. The number of hydrogen-bond acceptors (Lipinski definition) is 5. The normalized spacial score (nSPS) is 15.1. The molecule has 0 saturated carbocycles. The minimum atomic E-state index is -0.438. The van der Waals surface area contributed by atoms with Crippen molar-refractivity contribution in [3.05, 3.63) is 23.4 Å². The first-order valence-corrected chi connectivity index (χ1v) is 3.74. The zero-order valence-corrected chi connectivity index (χ0v) is 6.64. The Bertz CT molecular complexity index is 354. The number of ether oxygens (including phenoxy) is 1. The van der Waals surface area contributed by atoms with Crippen LogP contribution in [0.5, 0.6) is 0 Å². The Kier molecular flexibility index (Phi) is 1.79. The van der Waals surface area contributed by atoms with Gasteiger partial charge in [0.15, 0.2) is 11.0 Å². The van der Waals surface area contributed by atoms with E-state index < -0.39 is 6.35 Å². The van der Waals surface area contributed by atoms with Gasteiger partial charge in [-0.3, -0.25) is 0 Å². The average Bonchev–Trinajstić information content (AvgIpc) is 2.47. The quantitative estimate of drug-likeness (QED) is 0.566. The molecule has 5 heteroatoms. The molecule has 0 aliphatic carbocycles. The molecule has 0 saturated heterocycles. The van der Waals surface area contributed by atoms with Crippen LogP contribution in [-0.2, 0) is 4.74 Å². The van der Waals surface area contributed by atoms with E-state index in [-0.39, 0.29) is 0 Å². The van der Waals surface area contributed by atoms with E-state index in [0.29, 0.717) is 17.6 Å². The third kappa shape index (κ3) is 1.18. The van der Waals surface area contributed by atoms with Crippen LogP contribution in [0.15, 0.2) is 22.4 Å². The van der Waals surface area contributed by atoms with Crippen LogP contribution < -0.4 is 11.0 Å². The third-order valence-corrected chi connectivity index (χ3v) is 1.44. The minimum Gasteiger partial charge on any atom is -0.338 e. The molecule has 1 aromatic rings. The monoisotopic (exact) mass is 164 g/mol. The molecule has 12 heavy (non-hydrogen) atoms. The SMILES string of the molecule is CCOC1N=c2nccnc2=N1. The summed E-state index contributed by atoms with van der Waals surface area (Å²) in [6.07, 6.45) is 2.74. The van der Waals surface area contributed by atoms with Crippen molar-refractivity contribution in [3.8, 4) is 0 Å². The molecular weight excluding hydrogens is 156 g/mol. The van der Waals surface area contributed by atoms with E-state index in [1.807, 2.05) is 6.92 Å². The average molecular weight is 164 g/mol. The maximum Gasteiger partial charge on any atom is 0.249 e. The van der Waals surface area contributed by atoms with Gasteiger partial charge in [0, 0.05) is 19.0 Å². The highest BCUT2D eigenvalue weighted by Crippen LogP contribution is 1.94. The highest BCUT2D eigenvalue weighted by atomic mass is 16.5. The molecule has 2 rings (SSSR count). The Morgan fingerprint density at radius 2 is 1.83 bits per heavy atom. The number of fused-ring (bicyclic) bond motifs is 1. The van der Waals surface area contributed by atoms with Crippen molar-refractivity contribution < 1.29 is 4.74 Å². The van der Waals surface area contributed by atoms with Gasteiger partial charge < -0.3 is 4.74 Å². The summed E-state index contributed by atoms with van der Waals surface area (Å²) >= 11 is 0. The lowest BCUT2D eigenvalue weighted by molar-refractivity contribution is 0.0746. The van der Waals surface area contributed by atoms with Crippen LogP contribution in [0.25, 0.3) is 0 Å². The van der Waals surface area contributed by atoms with E-state index in [2.05, 4.69) is 20.0 Å². The Morgan fingerprint density at radius 1 is 1.25 bits per heavy atom. The van der Waals surface area contributed by atoms with Gasteiger partial charge in [-0.15, -0.1) is 0 Å². The molecule has 62 valence electrons. The number of rotatable bonds is 2. The molecule has 0 aromatic carbocycles. The van der Waals surface area contributed by atoms with Gasteiger partial charge in [-0.25, -0.2) is 20.0 Å². The van der Waals surface area contributed by atoms with Crippen LogP contribution in [0, 0.1) is 0 Å². The van der Waals surface area contributed by atoms with Crippen LogP contribution in [0.1, 0.15) is 6.92 Å². The fourth-order valence-corrected chi connectivity index (χ4v) is 0.967. The first kappa shape index (κ1) is 7.30. The fraction of sp³-hybridized carbons (Fsp3) is 0.429. The van der Waals surface area contributed by atoms with Gasteiger partial charge in [0.25, 0.3) is 0 Å². The van der Waals surface area contributed by atoms with Crippen molar-refractivity contribution in [1.29, 1.82) is 0 Å². The van der Waals surface area contributed by atoms with Crippen molar-refractivity contribution >= 4 is 0 Å². The summed E-state index contributed by atoms with van der Waals surface area (Å²) in [6.45, 7) is 2.49. The van der Waals surface area contributed by atoms with Crippen LogP contribution >= 0.6 is 0 Å². The molecule has 2 heterocycles. The maximum atomic E-state index is 5.17. The summed E-state index contributed by atoms with van der Waals surface area (Å²) in [5, 5.41) is 0. The second-order valence-electron chi connectivity index (χ2n) is 2.24. The highest BCUT2D eigenvalue weighted by molar-refractivity contribution is 4.80. The summed E-state index contributed by atoms with van der Waals surface area (Å²) in [5.41, 5.74) is 1.13. The largest absolute Gasteiger partial charge is 0.338 e. The molecule has 0 radical (unpaired) electrons. The smallest absolute Gasteiger partial charge is 0.249 e. The first-order valence-electron chi connectivity index (χ1n) is 3.74. The van der Waals surface area contributed by atoms with E-state index in [0.717, 1.165) is 0 Å². The summed E-state index contributed by atoms with van der Waals surface area (Å²) in [6, 6.07) is 0. The molecule has 0 bridgehead atoms. The first-order chi connectivity index (χ1) is 5.90. The Balaban J connectivity index is 2.40. The summed E-state index contributed by atoms with van der Waals surface area (Å²) < 4.78 is 5.17. The van der Waals surface area contributed by atoms with Crippen molar-refractivity contribution in [2.75, 3.05) is 6.61 Å². The number of aromatic nitrogens is 2. The van der Waals surface area contributed by atoms with E-state index in [4.69, 9.17) is 4.74 Å². The fourth-order valence-electron chi connectivity index (χ4n) is 0.967. The molecule has 1 aliphatic rings. The van der Waals surface area contributed by atoms with Crippen molar-refractivity contribution in [2.24, 2.45) is 9.98 Å². The van der Waals surface area contributed by atoms with Crippen LogP contribution in [-0.4, -0.2) is 22.9 Å². The lowest BCUT2D eigenvalue weighted by Crippen LogP contribution is -2.27. The molecule has 1 aliphatic heterocycles. The zero-order chi connectivity index (χ0) is 8.39. The Labute approximate surface area is 68.9 Å². The van der Waals surface area contributed by atoms with E-state index in [1.165, 1.54) is 0 Å². The van der Waals surface area contributed by atoms with Gasteiger partial charge in [0.2, 0.25) is 6.35 Å². The number of hydrogen-bond donors (Lipinski definition) is 0.